The first-order valence-electron chi connectivity index (χ1n) is 9.48. The zero-order valence-corrected chi connectivity index (χ0v) is 18.8. The van der Waals surface area contributed by atoms with Crippen molar-refractivity contribution >= 4 is 46.6 Å². The fraction of sp³-hybridized carbons (Fsp3) is 0.227. The number of methoxy groups -OCH3 is 1. The van der Waals surface area contributed by atoms with Gasteiger partial charge in [-0.1, -0.05) is 23.7 Å². The summed E-state index contributed by atoms with van der Waals surface area (Å²) in [4.78, 5) is 37.7. The van der Waals surface area contributed by atoms with Crippen molar-refractivity contribution in [2.45, 2.75) is 13.5 Å². The fourth-order valence-corrected chi connectivity index (χ4v) is 3.92. The Morgan fingerprint density at radius 2 is 2.00 bits per heavy atom. The molecule has 0 aliphatic carbocycles. The minimum atomic E-state index is -0.594. The van der Waals surface area contributed by atoms with Crippen molar-refractivity contribution in [1.82, 2.24) is 4.90 Å². The Morgan fingerprint density at radius 1 is 1.22 bits per heavy atom. The van der Waals surface area contributed by atoms with Crippen LogP contribution in [0, 0.1) is 5.82 Å². The summed E-state index contributed by atoms with van der Waals surface area (Å²) in [6.45, 7) is 1.40. The van der Waals surface area contributed by atoms with Crippen molar-refractivity contribution in [3.8, 4) is 11.5 Å². The topological polar surface area (TPSA) is 82.1 Å². The van der Waals surface area contributed by atoms with E-state index in [1.807, 2.05) is 0 Å². The predicted octanol–water partition coefficient (Wildman–Crippen LogP) is 4.67. The van der Waals surface area contributed by atoms with Gasteiger partial charge in [0, 0.05) is 10.6 Å². The molecule has 168 valence electrons. The quantitative estimate of drug-likeness (QED) is 0.402. The van der Waals surface area contributed by atoms with Crippen LogP contribution in [-0.2, 0) is 20.9 Å². The summed E-state index contributed by atoms with van der Waals surface area (Å²) in [5.41, 5.74) is 0.641. The first-order chi connectivity index (χ1) is 15.3. The maximum Gasteiger partial charge on any atom is 0.344 e. The lowest BCUT2D eigenvalue weighted by Gasteiger charge is -2.14. The lowest BCUT2D eigenvalue weighted by atomic mass is 10.1. The van der Waals surface area contributed by atoms with Crippen LogP contribution in [0.25, 0.3) is 6.08 Å². The van der Waals surface area contributed by atoms with Crippen LogP contribution in [0.4, 0.5) is 9.18 Å². The second-order valence-electron chi connectivity index (χ2n) is 6.47. The Bertz CT molecular complexity index is 1070. The monoisotopic (exact) mass is 479 g/mol. The van der Waals surface area contributed by atoms with E-state index < -0.39 is 22.9 Å². The van der Waals surface area contributed by atoms with E-state index in [0.717, 1.165) is 16.7 Å². The first-order valence-corrected chi connectivity index (χ1v) is 10.7. The molecule has 10 heteroatoms. The molecule has 1 fully saturated rings. The molecule has 2 amide bonds. The minimum absolute atomic E-state index is 0.0717. The molecule has 0 atom stereocenters. The SMILES string of the molecule is CCOC(=O)COc1ccc(/C=C2\SC(=O)N(Cc3c(F)cccc3Cl)C2=O)cc1OC. The van der Waals surface area contributed by atoms with Gasteiger partial charge in [0.25, 0.3) is 11.1 Å². The van der Waals surface area contributed by atoms with Crippen LogP contribution in [0.2, 0.25) is 5.02 Å². The number of benzene rings is 2. The molecule has 7 nitrogen and oxygen atoms in total. The Morgan fingerprint density at radius 3 is 2.69 bits per heavy atom. The highest BCUT2D eigenvalue weighted by atomic mass is 35.5. The van der Waals surface area contributed by atoms with Crippen LogP contribution >= 0.6 is 23.4 Å². The number of nitrogens with zero attached hydrogens (tertiary/aromatic N) is 1. The Kier molecular flexibility index (Phi) is 7.76. The molecule has 32 heavy (non-hydrogen) atoms. The lowest BCUT2D eigenvalue weighted by molar-refractivity contribution is -0.145. The van der Waals surface area contributed by atoms with Gasteiger partial charge in [0.2, 0.25) is 0 Å². The second kappa shape index (κ2) is 10.5. The second-order valence-corrected chi connectivity index (χ2v) is 7.87. The van der Waals surface area contributed by atoms with E-state index in [1.54, 1.807) is 25.1 Å². The molecule has 0 N–H and O–H groups in total. The number of carbonyl (C=O) groups is 3. The number of hydrogen-bond acceptors (Lipinski definition) is 7. The molecule has 3 rings (SSSR count). The number of hydrogen-bond donors (Lipinski definition) is 0. The highest BCUT2D eigenvalue weighted by Crippen LogP contribution is 2.36. The zero-order valence-electron chi connectivity index (χ0n) is 17.2. The third-order valence-electron chi connectivity index (χ3n) is 4.39. The van der Waals surface area contributed by atoms with Crippen LogP contribution < -0.4 is 9.47 Å². The fourth-order valence-electron chi connectivity index (χ4n) is 2.86. The van der Waals surface area contributed by atoms with Gasteiger partial charge < -0.3 is 14.2 Å². The summed E-state index contributed by atoms with van der Waals surface area (Å²) in [5.74, 6) is -1.01. The van der Waals surface area contributed by atoms with E-state index in [-0.39, 0.29) is 35.2 Å². The number of thioether (sulfide) groups is 1. The summed E-state index contributed by atoms with van der Waals surface area (Å²) in [7, 11) is 1.43. The maximum atomic E-state index is 14.1. The molecule has 2 aromatic rings. The molecular weight excluding hydrogens is 461 g/mol. The molecular formula is C22H19ClFNO6S. The molecule has 0 unspecified atom stereocenters. The number of rotatable bonds is 8. The summed E-state index contributed by atoms with van der Waals surface area (Å²) < 4.78 is 29.6. The molecule has 0 radical (unpaired) electrons. The Hall–Kier alpha value is -3.04. The van der Waals surface area contributed by atoms with E-state index in [9.17, 15) is 18.8 Å². The summed E-state index contributed by atoms with van der Waals surface area (Å²) in [6, 6.07) is 8.98. The predicted molar refractivity (Wildman–Crippen MR) is 118 cm³/mol. The molecule has 0 aromatic heterocycles. The van der Waals surface area contributed by atoms with Crippen LogP contribution in [0.15, 0.2) is 41.3 Å². The summed E-state index contributed by atoms with van der Waals surface area (Å²) >= 11 is 6.76. The number of carbonyl (C=O) groups excluding carboxylic acids is 3. The van der Waals surface area contributed by atoms with Gasteiger partial charge in [0.1, 0.15) is 5.82 Å². The molecule has 0 spiro atoms. The van der Waals surface area contributed by atoms with Gasteiger partial charge in [0.05, 0.1) is 25.2 Å². The summed E-state index contributed by atoms with van der Waals surface area (Å²) in [5, 5.41) is -0.391. The molecule has 1 saturated heterocycles. The number of esters is 1. The standard InChI is InChI=1S/C22H19ClFNO6S/c1-3-30-20(26)12-31-17-8-7-13(9-18(17)29-2)10-19-21(27)25(22(28)32-19)11-14-15(23)5-4-6-16(14)24/h4-10H,3,11-12H2,1-2H3/b19-10-. The Labute approximate surface area is 193 Å². The number of halogens is 2. The smallest absolute Gasteiger partial charge is 0.344 e. The highest BCUT2D eigenvalue weighted by molar-refractivity contribution is 8.18. The van der Waals surface area contributed by atoms with Gasteiger partial charge in [-0.25, -0.2) is 9.18 Å². The van der Waals surface area contributed by atoms with Gasteiger partial charge >= 0.3 is 5.97 Å². The van der Waals surface area contributed by atoms with E-state index in [1.165, 1.54) is 31.4 Å². The van der Waals surface area contributed by atoms with Crippen molar-refractivity contribution in [3.05, 3.63) is 63.3 Å². The van der Waals surface area contributed by atoms with Crippen molar-refractivity contribution < 1.29 is 33.0 Å². The van der Waals surface area contributed by atoms with Crippen molar-refractivity contribution in [2.24, 2.45) is 0 Å². The third kappa shape index (κ3) is 5.41. The molecule has 1 aliphatic rings. The van der Waals surface area contributed by atoms with Gasteiger partial charge in [-0.15, -0.1) is 0 Å². The zero-order chi connectivity index (χ0) is 23.3. The largest absolute Gasteiger partial charge is 0.493 e. The van der Waals surface area contributed by atoms with E-state index in [4.69, 9.17) is 25.8 Å². The van der Waals surface area contributed by atoms with E-state index >= 15 is 0 Å². The van der Waals surface area contributed by atoms with Crippen LogP contribution in [-0.4, -0.2) is 42.3 Å². The maximum absolute atomic E-state index is 14.1. The highest BCUT2D eigenvalue weighted by Gasteiger charge is 2.36. The summed E-state index contributed by atoms with van der Waals surface area (Å²) in [6.07, 6.45) is 1.52. The number of ether oxygens (including phenoxy) is 3. The van der Waals surface area contributed by atoms with Crippen LogP contribution in [0.1, 0.15) is 18.1 Å². The first kappa shape index (κ1) is 23.6. The van der Waals surface area contributed by atoms with E-state index in [0.29, 0.717) is 17.1 Å². The van der Waals surface area contributed by atoms with Gasteiger partial charge in [-0.05, 0) is 54.6 Å². The molecule has 1 aliphatic heterocycles. The minimum Gasteiger partial charge on any atom is -0.493 e. The molecule has 2 aromatic carbocycles. The van der Waals surface area contributed by atoms with Gasteiger partial charge in [-0.3, -0.25) is 14.5 Å². The number of imide groups is 1. The number of amides is 2. The Balaban J connectivity index is 1.77. The molecule has 0 bridgehead atoms. The molecule has 1 heterocycles. The third-order valence-corrected chi connectivity index (χ3v) is 5.65. The normalized spacial score (nSPS) is 14.8. The van der Waals surface area contributed by atoms with Crippen LogP contribution in [0.3, 0.4) is 0 Å². The van der Waals surface area contributed by atoms with Crippen LogP contribution in [0.5, 0.6) is 11.5 Å². The van der Waals surface area contributed by atoms with Gasteiger partial charge in [0.15, 0.2) is 18.1 Å². The average molecular weight is 480 g/mol. The van der Waals surface area contributed by atoms with Crippen molar-refractivity contribution in [3.63, 3.8) is 0 Å². The lowest BCUT2D eigenvalue weighted by Crippen LogP contribution is -2.28. The average Bonchev–Trinajstić information content (AvgIpc) is 3.02. The molecule has 0 saturated carbocycles. The van der Waals surface area contributed by atoms with E-state index in [2.05, 4.69) is 0 Å². The van der Waals surface area contributed by atoms with Crippen molar-refractivity contribution in [2.75, 3.05) is 20.3 Å². The van der Waals surface area contributed by atoms with Gasteiger partial charge in [-0.2, -0.15) is 0 Å². The van der Waals surface area contributed by atoms with Crippen molar-refractivity contribution in [1.29, 1.82) is 0 Å².